The van der Waals surface area contributed by atoms with Crippen molar-refractivity contribution in [2.24, 2.45) is 0 Å². The molecule has 0 aliphatic rings. The Bertz CT molecular complexity index is 401. The summed E-state index contributed by atoms with van der Waals surface area (Å²) in [5.74, 6) is -1.93. The van der Waals surface area contributed by atoms with Crippen LogP contribution in [0.15, 0.2) is 18.2 Å². The van der Waals surface area contributed by atoms with E-state index in [1.54, 1.807) is 13.8 Å². The summed E-state index contributed by atoms with van der Waals surface area (Å²) in [5, 5.41) is 0. The quantitative estimate of drug-likeness (QED) is 0.557. The van der Waals surface area contributed by atoms with E-state index in [0.717, 1.165) is 18.2 Å². The number of carbonyl (C=O) groups excluding carboxylic acids is 1. The molecule has 0 N–H and O–H groups in total. The SMILES string of the molecule is CCOC(CC(=O)c1cc(F)ccc1F)OCC. The minimum absolute atomic E-state index is 0.137. The van der Waals surface area contributed by atoms with E-state index >= 15 is 0 Å². The summed E-state index contributed by atoms with van der Waals surface area (Å²) in [7, 11) is 0. The molecule has 0 aromatic heterocycles. The molecular weight excluding hydrogens is 242 g/mol. The number of benzene rings is 1. The van der Waals surface area contributed by atoms with Crippen LogP contribution in [0.25, 0.3) is 0 Å². The number of halogens is 2. The van der Waals surface area contributed by atoms with Gasteiger partial charge in [0.2, 0.25) is 0 Å². The van der Waals surface area contributed by atoms with Crippen molar-refractivity contribution in [3.63, 3.8) is 0 Å². The Morgan fingerprint density at radius 1 is 1.22 bits per heavy atom. The van der Waals surface area contributed by atoms with Crippen molar-refractivity contribution in [3.8, 4) is 0 Å². The van der Waals surface area contributed by atoms with Crippen LogP contribution in [0.1, 0.15) is 30.6 Å². The number of rotatable bonds is 7. The lowest BCUT2D eigenvalue weighted by atomic mass is 10.1. The molecule has 0 unspecified atom stereocenters. The molecule has 5 heteroatoms. The Morgan fingerprint density at radius 2 is 1.83 bits per heavy atom. The monoisotopic (exact) mass is 258 g/mol. The first kappa shape index (κ1) is 14.7. The molecule has 100 valence electrons. The number of hydrogen-bond donors (Lipinski definition) is 0. The standard InChI is InChI=1S/C13H16F2O3/c1-3-17-13(18-4-2)8-12(16)10-7-9(14)5-6-11(10)15/h5-7,13H,3-4,8H2,1-2H3. The van der Waals surface area contributed by atoms with E-state index in [0.29, 0.717) is 13.2 Å². The molecule has 18 heavy (non-hydrogen) atoms. The molecule has 0 saturated heterocycles. The largest absolute Gasteiger partial charge is 0.352 e. The van der Waals surface area contributed by atoms with Crippen LogP contribution in [0.3, 0.4) is 0 Å². The van der Waals surface area contributed by atoms with Gasteiger partial charge in [-0.15, -0.1) is 0 Å². The second-order valence-electron chi connectivity index (χ2n) is 3.59. The van der Waals surface area contributed by atoms with E-state index in [4.69, 9.17) is 9.47 Å². The molecule has 0 atom stereocenters. The van der Waals surface area contributed by atoms with Crippen LogP contribution >= 0.6 is 0 Å². The molecule has 0 bridgehead atoms. The van der Waals surface area contributed by atoms with Crippen LogP contribution < -0.4 is 0 Å². The Kier molecular flexibility index (Phi) is 5.88. The highest BCUT2D eigenvalue weighted by Crippen LogP contribution is 2.14. The number of carbonyl (C=O) groups is 1. The lowest BCUT2D eigenvalue weighted by Crippen LogP contribution is -2.22. The smallest absolute Gasteiger partial charge is 0.170 e. The summed E-state index contributed by atoms with van der Waals surface area (Å²) >= 11 is 0. The average molecular weight is 258 g/mol. The van der Waals surface area contributed by atoms with Gasteiger partial charge < -0.3 is 9.47 Å². The second-order valence-corrected chi connectivity index (χ2v) is 3.59. The third-order valence-electron chi connectivity index (χ3n) is 2.29. The fraction of sp³-hybridized carbons (Fsp3) is 0.462. The van der Waals surface area contributed by atoms with Crippen molar-refractivity contribution in [1.82, 2.24) is 0 Å². The lowest BCUT2D eigenvalue weighted by molar-refractivity contribution is -0.133. The van der Waals surface area contributed by atoms with Gasteiger partial charge in [-0.25, -0.2) is 8.78 Å². The van der Waals surface area contributed by atoms with Crippen LogP contribution in [0.4, 0.5) is 8.78 Å². The molecule has 0 radical (unpaired) electrons. The zero-order chi connectivity index (χ0) is 13.5. The summed E-state index contributed by atoms with van der Waals surface area (Å²) < 4.78 is 36.7. The number of ether oxygens (including phenoxy) is 2. The van der Waals surface area contributed by atoms with Gasteiger partial charge in [0.1, 0.15) is 11.6 Å². The van der Waals surface area contributed by atoms with Crippen molar-refractivity contribution in [2.45, 2.75) is 26.6 Å². The molecule has 0 fully saturated rings. The molecule has 1 rings (SSSR count). The third kappa shape index (κ3) is 4.16. The number of ketones is 1. The zero-order valence-corrected chi connectivity index (χ0v) is 10.4. The van der Waals surface area contributed by atoms with Gasteiger partial charge in [0, 0.05) is 13.2 Å². The minimum atomic E-state index is -0.742. The first-order valence-corrected chi connectivity index (χ1v) is 5.79. The molecule has 0 aliphatic heterocycles. The normalized spacial score (nSPS) is 10.9. The summed E-state index contributed by atoms with van der Waals surface area (Å²) in [6, 6.07) is 2.78. The number of Topliss-reactive ketones (excluding diaryl/α,β-unsaturated/α-hetero) is 1. The van der Waals surface area contributed by atoms with E-state index in [2.05, 4.69) is 0 Å². The Balaban J connectivity index is 2.76. The third-order valence-corrected chi connectivity index (χ3v) is 2.29. The summed E-state index contributed by atoms with van der Waals surface area (Å²) in [6.07, 6.45) is -0.864. The van der Waals surface area contributed by atoms with Gasteiger partial charge in [-0.05, 0) is 32.0 Å². The van der Waals surface area contributed by atoms with Gasteiger partial charge in [0.25, 0.3) is 0 Å². The van der Waals surface area contributed by atoms with E-state index < -0.39 is 23.7 Å². The molecule has 1 aromatic rings. The highest BCUT2D eigenvalue weighted by atomic mass is 19.1. The van der Waals surface area contributed by atoms with Crippen LogP contribution in [0, 0.1) is 11.6 Å². The predicted octanol–water partition coefficient (Wildman–Crippen LogP) is 2.94. The Morgan fingerprint density at radius 3 is 2.39 bits per heavy atom. The van der Waals surface area contributed by atoms with Gasteiger partial charge in [-0.3, -0.25) is 4.79 Å². The first-order valence-electron chi connectivity index (χ1n) is 5.79. The summed E-state index contributed by atoms with van der Waals surface area (Å²) in [4.78, 5) is 11.8. The zero-order valence-electron chi connectivity index (χ0n) is 10.4. The number of hydrogen-bond acceptors (Lipinski definition) is 3. The maximum absolute atomic E-state index is 13.4. The molecule has 3 nitrogen and oxygen atoms in total. The van der Waals surface area contributed by atoms with E-state index in [1.165, 1.54) is 0 Å². The Hall–Kier alpha value is -1.33. The minimum Gasteiger partial charge on any atom is -0.352 e. The maximum atomic E-state index is 13.4. The van der Waals surface area contributed by atoms with Gasteiger partial charge in [-0.2, -0.15) is 0 Å². The van der Waals surface area contributed by atoms with Crippen LogP contribution in [-0.2, 0) is 9.47 Å². The molecular formula is C13H16F2O3. The fourth-order valence-electron chi connectivity index (χ4n) is 1.51. The predicted molar refractivity (Wildman–Crippen MR) is 62.3 cm³/mol. The summed E-state index contributed by atoms with van der Waals surface area (Å²) in [5.41, 5.74) is -0.278. The molecule has 0 heterocycles. The fourth-order valence-corrected chi connectivity index (χ4v) is 1.51. The Labute approximate surface area is 105 Å². The van der Waals surface area contributed by atoms with Crippen molar-refractivity contribution >= 4 is 5.78 Å². The van der Waals surface area contributed by atoms with Crippen molar-refractivity contribution < 1.29 is 23.0 Å². The molecule has 0 saturated carbocycles. The van der Waals surface area contributed by atoms with Crippen LogP contribution in [0.5, 0.6) is 0 Å². The van der Waals surface area contributed by atoms with Crippen molar-refractivity contribution in [3.05, 3.63) is 35.4 Å². The topological polar surface area (TPSA) is 35.5 Å². The average Bonchev–Trinajstić information content (AvgIpc) is 2.33. The highest BCUT2D eigenvalue weighted by Gasteiger charge is 2.19. The van der Waals surface area contributed by atoms with Crippen molar-refractivity contribution in [2.75, 3.05) is 13.2 Å². The van der Waals surface area contributed by atoms with E-state index in [9.17, 15) is 13.6 Å². The van der Waals surface area contributed by atoms with Gasteiger partial charge in [-0.1, -0.05) is 0 Å². The van der Waals surface area contributed by atoms with Gasteiger partial charge in [0.05, 0.1) is 12.0 Å². The van der Waals surface area contributed by atoms with E-state index in [-0.39, 0.29) is 12.0 Å². The second kappa shape index (κ2) is 7.18. The van der Waals surface area contributed by atoms with Gasteiger partial charge in [0.15, 0.2) is 12.1 Å². The molecule has 0 aliphatic carbocycles. The molecule has 0 amide bonds. The van der Waals surface area contributed by atoms with Crippen LogP contribution in [0.2, 0.25) is 0 Å². The first-order chi connectivity index (χ1) is 8.58. The van der Waals surface area contributed by atoms with Crippen LogP contribution in [-0.4, -0.2) is 25.3 Å². The van der Waals surface area contributed by atoms with Crippen molar-refractivity contribution in [1.29, 1.82) is 0 Å². The lowest BCUT2D eigenvalue weighted by Gasteiger charge is -2.16. The summed E-state index contributed by atoms with van der Waals surface area (Å²) in [6.45, 7) is 4.28. The maximum Gasteiger partial charge on any atom is 0.170 e. The molecule has 1 aromatic carbocycles. The van der Waals surface area contributed by atoms with E-state index in [1.807, 2.05) is 0 Å². The van der Waals surface area contributed by atoms with Gasteiger partial charge >= 0.3 is 0 Å². The molecule has 0 spiro atoms. The highest BCUT2D eigenvalue weighted by molar-refractivity contribution is 5.96.